The Bertz CT molecular complexity index is 703. The summed E-state index contributed by atoms with van der Waals surface area (Å²) in [4.78, 5) is 11.3. The second kappa shape index (κ2) is 9.22. The predicted octanol–water partition coefficient (Wildman–Crippen LogP) is 3.71. The van der Waals surface area contributed by atoms with Crippen LogP contribution in [0.25, 0.3) is 11.4 Å². The van der Waals surface area contributed by atoms with Crippen LogP contribution in [0.3, 0.4) is 0 Å². The van der Waals surface area contributed by atoms with Gasteiger partial charge in [-0.25, -0.2) is 4.39 Å². The lowest BCUT2D eigenvalue weighted by molar-refractivity contribution is -0.143. The maximum absolute atomic E-state index is 14.0. The zero-order valence-corrected chi connectivity index (χ0v) is 14.4. The number of halogens is 1. The van der Waals surface area contributed by atoms with E-state index in [4.69, 9.17) is 4.74 Å². The van der Waals surface area contributed by atoms with Gasteiger partial charge in [-0.1, -0.05) is 30.0 Å². The number of thioether (sulfide) groups is 1. The molecule has 24 heavy (non-hydrogen) atoms. The normalized spacial score (nSPS) is 10.6. The largest absolute Gasteiger partial charge is 0.466 e. The summed E-state index contributed by atoms with van der Waals surface area (Å²) >= 11 is 1.48. The molecule has 0 fully saturated rings. The number of allylic oxidation sites excluding steroid dienone is 1. The van der Waals surface area contributed by atoms with E-state index >= 15 is 0 Å². The molecule has 1 aromatic carbocycles. The fourth-order valence-corrected chi connectivity index (χ4v) is 3.03. The summed E-state index contributed by atoms with van der Waals surface area (Å²) in [6.07, 6.45) is 2.77. The molecule has 0 bridgehead atoms. The number of carbonyl (C=O) groups is 1. The molecule has 0 aliphatic carbocycles. The van der Waals surface area contributed by atoms with Gasteiger partial charge in [0.1, 0.15) is 5.82 Å². The Hall–Kier alpha value is -2.15. The van der Waals surface area contributed by atoms with Crippen molar-refractivity contribution in [2.24, 2.45) is 0 Å². The van der Waals surface area contributed by atoms with Crippen LogP contribution in [0.1, 0.15) is 19.8 Å². The van der Waals surface area contributed by atoms with Crippen LogP contribution < -0.4 is 0 Å². The second-order valence-corrected chi connectivity index (χ2v) is 6.00. The van der Waals surface area contributed by atoms with Gasteiger partial charge in [-0.3, -0.25) is 9.36 Å². The van der Waals surface area contributed by atoms with Gasteiger partial charge in [-0.15, -0.1) is 16.8 Å². The molecule has 0 radical (unpaired) electrons. The average molecular weight is 349 g/mol. The lowest BCUT2D eigenvalue weighted by Gasteiger charge is -2.08. The molecule has 2 aromatic rings. The van der Waals surface area contributed by atoms with Crippen LogP contribution >= 0.6 is 11.8 Å². The minimum absolute atomic E-state index is 0.197. The van der Waals surface area contributed by atoms with Crippen LogP contribution in [0.4, 0.5) is 4.39 Å². The van der Waals surface area contributed by atoms with Gasteiger partial charge in [-0.05, 0) is 25.5 Å². The summed E-state index contributed by atoms with van der Waals surface area (Å²) in [7, 11) is 0. The standard InChI is InChI=1S/C17H20FN3O2S/c1-3-11-21-16(13-8-5-6-9-14(13)18)19-20-17(21)24-12-7-10-15(22)23-4-2/h3,5-6,8-9H,1,4,7,10-12H2,2H3. The topological polar surface area (TPSA) is 57.0 Å². The molecule has 0 spiro atoms. The lowest BCUT2D eigenvalue weighted by atomic mass is 10.2. The zero-order chi connectivity index (χ0) is 17.4. The van der Waals surface area contributed by atoms with E-state index in [0.717, 1.165) is 0 Å². The molecule has 1 aromatic heterocycles. The van der Waals surface area contributed by atoms with Crippen molar-refractivity contribution in [1.82, 2.24) is 14.8 Å². The molecule has 0 unspecified atom stereocenters. The Kier molecular flexibility index (Phi) is 6.99. The van der Waals surface area contributed by atoms with E-state index < -0.39 is 0 Å². The van der Waals surface area contributed by atoms with E-state index in [9.17, 15) is 9.18 Å². The smallest absolute Gasteiger partial charge is 0.305 e. The summed E-state index contributed by atoms with van der Waals surface area (Å²) in [6, 6.07) is 6.47. The molecule has 2 rings (SSSR count). The first-order valence-corrected chi connectivity index (χ1v) is 8.73. The highest BCUT2D eigenvalue weighted by atomic mass is 32.2. The number of aromatic nitrogens is 3. The number of hydrogen-bond acceptors (Lipinski definition) is 5. The predicted molar refractivity (Wildman–Crippen MR) is 92.2 cm³/mol. The first-order valence-electron chi connectivity index (χ1n) is 7.74. The van der Waals surface area contributed by atoms with Crippen molar-refractivity contribution >= 4 is 17.7 Å². The molecule has 1 heterocycles. The molecular formula is C17H20FN3O2S. The highest BCUT2D eigenvalue weighted by Crippen LogP contribution is 2.26. The summed E-state index contributed by atoms with van der Waals surface area (Å²) < 4.78 is 20.7. The average Bonchev–Trinajstić information content (AvgIpc) is 2.95. The Morgan fingerprint density at radius 3 is 2.92 bits per heavy atom. The van der Waals surface area contributed by atoms with E-state index in [-0.39, 0.29) is 11.8 Å². The first kappa shape index (κ1) is 18.2. The number of hydrogen-bond donors (Lipinski definition) is 0. The summed E-state index contributed by atoms with van der Waals surface area (Å²) in [5.74, 6) is 0.637. The van der Waals surface area contributed by atoms with Crippen molar-refractivity contribution in [2.75, 3.05) is 12.4 Å². The molecule has 7 heteroatoms. The molecule has 0 aliphatic heterocycles. The van der Waals surface area contributed by atoms with Gasteiger partial charge in [0.2, 0.25) is 0 Å². The van der Waals surface area contributed by atoms with Gasteiger partial charge < -0.3 is 4.74 Å². The third kappa shape index (κ3) is 4.67. The fraction of sp³-hybridized carbons (Fsp3) is 0.353. The molecule has 5 nitrogen and oxygen atoms in total. The number of esters is 1. The Morgan fingerprint density at radius 1 is 1.42 bits per heavy atom. The van der Waals surface area contributed by atoms with E-state index in [0.29, 0.717) is 48.3 Å². The number of carbonyl (C=O) groups excluding carboxylic acids is 1. The van der Waals surface area contributed by atoms with Gasteiger partial charge in [-0.2, -0.15) is 0 Å². The maximum atomic E-state index is 14.0. The van der Waals surface area contributed by atoms with E-state index in [1.54, 1.807) is 31.2 Å². The third-order valence-electron chi connectivity index (χ3n) is 3.20. The van der Waals surface area contributed by atoms with E-state index in [1.807, 2.05) is 4.57 Å². The van der Waals surface area contributed by atoms with Crippen molar-refractivity contribution in [3.05, 3.63) is 42.7 Å². The maximum Gasteiger partial charge on any atom is 0.305 e. The Labute approximate surface area is 144 Å². The molecule has 0 saturated heterocycles. The molecule has 0 atom stereocenters. The van der Waals surface area contributed by atoms with Gasteiger partial charge in [0.25, 0.3) is 0 Å². The first-order chi connectivity index (χ1) is 11.7. The number of ether oxygens (including phenoxy) is 1. The lowest BCUT2D eigenvalue weighted by Crippen LogP contribution is -2.04. The van der Waals surface area contributed by atoms with Crippen molar-refractivity contribution in [1.29, 1.82) is 0 Å². The monoisotopic (exact) mass is 349 g/mol. The number of benzene rings is 1. The molecule has 0 amide bonds. The fourth-order valence-electron chi connectivity index (χ4n) is 2.14. The zero-order valence-electron chi connectivity index (χ0n) is 13.6. The van der Waals surface area contributed by atoms with E-state index in [2.05, 4.69) is 16.8 Å². The van der Waals surface area contributed by atoms with Crippen LogP contribution in [0.2, 0.25) is 0 Å². The minimum atomic E-state index is -0.339. The molecule has 0 aliphatic rings. The van der Waals surface area contributed by atoms with Crippen molar-refractivity contribution in [2.45, 2.75) is 31.5 Å². The number of rotatable bonds is 9. The summed E-state index contributed by atoms with van der Waals surface area (Å²) in [5, 5.41) is 8.95. The molecular weight excluding hydrogens is 329 g/mol. The molecule has 128 valence electrons. The van der Waals surface area contributed by atoms with E-state index in [1.165, 1.54) is 17.8 Å². The summed E-state index contributed by atoms with van der Waals surface area (Å²) in [5.41, 5.74) is 0.408. The molecule has 0 saturated carbocycles. The number of nitrogens with zero attached hydrogens (tertiary/aromatic N) is 3. The minimum Gasteiger partial charge on any atom is -0.466 e. The van der Waals surface area contributed by atoms with Crippen LogP contribution in [-0.4, -0.2) is 33.1 Å². The van der Waals surface area contributed by atoms with Crippen LogP contribution in [-0.2, 0) is 16.1 Å². The van der Waals surface area contributed by atoms with Gasteiger partial charge >= 0.3 is 5.97 Å². The highest BCUT2D eigenvalue weighted by molar-refractivity contribution is 7.99. The SMILES string of the molecule is C=CCn1c(SCCCC(=O)OCC)nnc1-c1ccccc1F. The van der Waals surface area contributed by atoms with Crippen molar-refractivity contribution < 1.29 is 13.9 Å². The second-order valence-electron chi connectivity index (χ2n) is 4.94. The van der Waals surface area contributed by atoms with Crippen LogP contribution in [0, 0.1) is 5.82 Å². The van der Waals surface area contributed by atoms with Gasteiger partial charge in [0.05, 0.1) is 12.2 Å². The van der Waals surface area contributed by atoms with Gasteiger partial charge in [0, 0.05) is 18.7 Å². The van der Waals surface area contributed by atoms with Crippen LogP contribution in [0.15, 0.2) is 42.1 Å². The Morgan fingerprint density at radius 2 is 2.21 bits per heavy atom. The third-order valence-corrected chi connectivity index (χ3v) is 4.26. The quantitative estimate of drug-likeness (QED) is 0.299. The van der Waals surface area contributed by atoms with Crippen LogP contribution in [0.5, 0.6) is 0 Å². The highest BCUT2D eigenvalue weighted by Gasteiger charge is 2.16. The van der Waals surface area contributed by atoms with Crippen molar-refractivity contribution in [3.8, 4) is 11.4 Å². The Balaban J connectivity index is 2.07. The summed E-state index contributed by atoms with van der Waals surface area (Å²) in [6.45, 7) is 6.40. The van der Waals surface area contributed by atoms with Gasteiger partial charge in [0.15, 0.2) is 11.0 Å². The molecule has 0 N–H and O–H groups in total. The van der Waals surface area contributed by atoms with Crippen molar-refractivity contribution in [3.63, 3.8) is 0 Å².